The fraction of sp³-hybridized carbons (Fsp3) is 1.00. The van der Waals surface area contributed by atoms with Gasteiger partial charge in [-0.25, -0.2) is 0 Å². The summed E-state index contributed by atoms with van der Waals surface area (Å²) < 4.78 is 21.8. The number of ether oxygens (including phenoxy) is 4. The number of hydrogen-bond donors (Lipinski definition) is 3. The van der Waals surface area contributed by atoms with Crippen molar-refractivity contribution in [2.75, 3.05) is 60.0 Å². The minimum Gasteiger partial charge on any atom is -0.396 e. The second kappa shape index (κ2) is 19.1. The summed E-state index contributed by atoms with van der Waals surface area (Å²) in [5, 5.41) is 27.1. The highest BCUT2D eigenvalue weighted by Crippen LogP contribution is 2.04. The number of hydrogen-bond acceptors (Lipinski definition) is 7. The van der Waals surface area contributed by atoms with E-state index in [4.69, 9.17) is 29.2 Å². The van der Waals surface area contributed by atoms with E-state index >= 15 is 0 Å². The van der Waals surface area contributed by atoms with Crippen molar-refractivity contribution in [1.29, 1.82) is 0 Å². The second-order valence-corrected chi connectivity index (χ2v) is 5.73. The average molecular weight is 352 g/mol. The van der Waals surface area contributed by atoms with Crippen LogP contribution in [0.2, 0.25) is 0 Å². The van der Waals surface area contributed by atoms with E-state index in [1.165, 1.54) is 0 Å². The van der Waals surface area contributed by atoms with Gasteiger partial charge in [0.2, 0.25) is 0 Å². The molecule has 0 aliphatic heterocycles. The van der Waals surface area contributed by atoms with Gasteiger partial charge in [-0.15, -0.1) is 0 Å². The van der Waals surface area contributed by atoms with E-state index in [0.717, 1.165) is 32.1 Å². The van der Waals surface area contributed by atoms with Gasteiger partial charge in [0.05, 0.1) is 25.4 Å². The van der Waals surface area contributed by atoms with Crippen LogP contribution in [0.15, 0.2) is 0 Å². The molecular weight excluding hydrogens is 316 g/mol. The molecule has 0 rings (SSSR count). The first kappa shape index (κ1) is 23.7. The summed E-state index contributed by atoms with van der Waals surface area (Å²) in [7, 11) is 1.56. The summed E-state index contributed by atoms with van der Waals surface area (Å²) in [6.45, 7) is 3.43. The summed E-state index contributed by atoms with van der Waals surface area (Å²) in [5.41, 5.74) is 0. The molecule has 0 radical (unpaired) electrons. The van der Waals surface area contributed by atoms with Crippen LogP contribution in [0.1, 0.15) is 38.5 Å². The highest BCUT2D eigenvalue weighted by molar-refractivity contribution is 4.58. The molecule has 0 aromatic rings. The molecule has 0 saturated heterocycles. The van der Waals surface area contributed by atoms with Gasteiger partial charge in [0.15, 0.2) is 0 Å². The molecule has 0 aromatic carbocycles. The van der Waals surface area contributed by atoms with Crippen molar-refractivity contribution >= 4 is 0 Å². The van der Waals surface area contributed by atoms with Crippen LogP contribution in [0.5, 0.6) is 0 Å². The fourth-order valence-corrected chi connectivity index (χ4v) is 2.02. The van der Waals surface area contributed by atoms with Crippen LogP contribution in [0, 0.1) is 0 Å². The largest absolute Gasteiger partial charge is 0.396 e. The van der Waals surface area contributed by atoms with Crippen molar-refractivity contribution in [1.82, 2.24) is 0 Å². The van der Waals surface area contributed by atoms with Crippen molar-refractivity contribution in [2.24, 2.45) is 0 Å². The molecular formula is C17H36O7. The number of aliphatic hydroxyl groups is 3. The highest BCUT2D eigenvalue weighted by atomic mass is 16.5. The highest BCUT2D eigenvalue weighted by Gasteiger charge is 2.10. The Kier molecular flexibility index (Phi) is 18.8. The van der Waals surface area contributed by atoms with Crippen molar-refractivity contribution in [3.63, 3.8) is 0 Å². The first-order chi connectivity index (χ1) is 11.7. The van der Waals surface area contributed by atoms with E-state index in [-0.39, 0.29) is 19.3 Å². The maximum atomic E-state index is 9.52. The summed E-state index contributed by atoms with van der Waals surface area (Å²) in [6.07, 6.45) is 3.88. The van der Waals surface area contributed by atoms with Crippen LogP contribution in [0.25, 0.3) is 0 Å². The molecule has 0 aromatic heterocycles. The third-order valence-electron chi connectivity index (χ3n) is 3.45. The first-order valence-electron chi connectivity index (χ1n) is 8.90. The monoisotopic (exact) mass is 352 g/mol. The summed E-state index contributed by atoms with van der Waals surface area (Å²) >= 11 is 0. The standard InChI is InChI=1S/C17H36O7/c1-21-14-16(20)6-12-22-13-7-17(24-11-5-3-9-19)15-23-10-4-2-8-18/h16-20H,2-15H2,1H3. The van der Waals surface area contributed by atoms with E-state index in [2.05, 4.69) is 0 Å². The minimum absolute atomic E-state index is 0.0401. The number of aliphatic hydroxyl groups excluding tert-OH is 3. The molecule has 146 valence electrons. The van der Waals surface area contributed by atoms with Gasteiger partial charge in [0, 0.05) is 46.8 Å². The molecule has 7 heteroatoms. The van der Waals surface area contributed by atoms with Gasteiger partial charge in [-0.05, 0) is 38.5 Å². The van der Waals surface area contributed by atoms with Gasteiger partial charge in [-0.1, -0.05) is 0 Å². The Balaban J connectivity index is 3.78. The van der Waals surface area contributed by atoms with Crippen LogP contribution in [-0.2, 0) is 18.9 Å². The van der Waals surface area contributed by atoms with Crippen molar-refractivity contribution < 1.29 is 34.3 Å². The van der Waals surface area contributed by atoms with Crippen LogP contribution in [0.4, 0.5) is 0 Å². The zero-order valence-electron chi connectivity index (χ0n) is 15.0. The fourth-order valence-electron chi connectivity index (χ4n) is 2.02. The topological polar surface area (TPSA) is 97.6 Å². The van der Waals surface area contributed by atoms with Crippen molar-refractivity contribution in [3.05, 3.63) is 0 Å². The van der Waals surface area contributed by atoms with E-state index in [1.807, 2.05) is 0 Å². The predicted molar refractivity (Wildman–Crippen MR) is 91.1 cm³/mol. The van der Waals surface area contributed by atoms with Crippen LogP contribution in [0.3, 0.4) is 0 Å². The number of methoxy groups -OCH3 is 1. The zero-order valence-corrected chi connectivity index (χ0v) is 15.0. The molecule has 0 aliphatic carbocycles. The zero-order chi connectivity index (χ0) is 17.9. The molecule has 0 amide bonds. The molecule has 3 N–H and O–H groups in total. The molecule has 0 heterocycles. The van der Waals surface area contributed by atoms with Gasteiger partial charge in [0.1, 0.15) is 0 Å². The molecule has 24 heavy (non-hydrogen) atoms. The Morgan fingerprint density at radius 2 is 1.42 bits per heavy atom. The summed E-state index contributed by atoms with van der Waals surface area (Å²) in [4.78, 5) is 0. The van der Waals surface area contributed by atoms with Crippen LogP contribution < -0.4 is 0 Å². The van der Waals surface area contributed by atoms with E-state index in [0.29, 0.717) is 46.1 Å². The Hall–Kier alpha value is -0.280. The maximum Gasteiger partial charge on any atom is 0.0830 e. The van der Waals surface area contributed by atoms with Crippen LogP contribution >= 0.6 is 0 Å². The SMILES string of the molecule is COCC(O)CCOCCC(COCCCCO)OCCCCO. The van der Waals surface area contributed by atoms with Gasteiger partial charge in [-0.3, -0.25) is 0 Å². The molecule has 0 aliphatic rings. The van der Waals surface area contributed by atoms with Crippen molar-refractivity contribution in [3.8, 4) is 0 Å². The van der Waals surface area contributed by atoms with E-state index in [9.17, 15) is 5.11 Å². The summed E-state index contributed by atoms with van der Waals surface area (Å²) in [5.74, 6) is 0. The van der Waals surface area contributed by atoms with Gasteiger partial charge < -0.3 is 34.3 Å². The first-order valence-corrected chi connectivity index (χ1v) is 8.90. The average Bonchev–Trinajstić information content (AvgIpc) is 2.57. The third kappa shape index (κ3) is 16.6. The third-order valence-corrected chi connectivity index (χ3v) is 3.45. The summed E-state index contributed by atoms with van der Waals surface area (Å²) in [6, 6.07) is 0. The van der Waals surface area contributed by atoms with E-state index < -0.39 is 6.10 Å². The second-order valence-electron chi connectivity index (χ2n) is 5.73. The molecule has 0 saturated carbocycles. The minimum atomic E-state index is -0.490. The molecule has 2 atom stereocenters. The number of unbranched alkanes of at least 4 members (excludes halogenated alkanes) is 2. The molecule has 2 unspecified atom stereocenters. The smallest absolute Gasteiger partial charge is 0.0830 e. The molecule has 0 spiro atoms. The lowest BCUT2D eigenvalue weighted by molar-refractivity contribution is -0.0382. The quantitative estimate of drug-likeness (QED) is 0.295. The lowest BCUT2D eigenvalue weighted by atomic mass is 10.2. The van der Waals surface area contributed by atoms with Crippen LogP contribution in [-0.4, -0.2) is 87.5 Å². The number of rotatable bonds is 19. The van der Waals surface area contributed by atoms with Gasteiger partial charge in [0.25, 0.3) is 0 Å². The predicted octanol–water partition coefficient (Wildman–Crippen LogP) is 0.737. The Labute approximate surface area is 145 Å². The molecule has 0 bridgehead atoms. The van der Waals surface area contributed by atoms with E-state index in [1.54, 1.807) is 7.11 Å². The Morgan fingerprint density at radius 1 is 0.750 bits per heavy atom. The van der Waals surface area contributed by atoms with Crippen molar-refractivity contribution in [2.45, 2.75) is 50.7 Å². The maximum absolute atomic E-state index is 9.52. The van der Waals surface area contributed by atoms with Gasteiger partial charge >= 0.3 is 0 Å². The molecule has 0 fully saturated rings. The molecule has 7 nitrogen and oxygen atoms in total. The Bertz CT molecular complexity index is 241. The van der Waals surface area contributed by atoms with Gasteiger partial charge in [-0.2, -0.15) is 0 Å². The normalized spacial score (nSPS) is 14.0. The lowest BCUT2D eigenvalue weighted by Gasteiger charge is -2.18. The lowest BCUT2D eigenvalue weighted by Crippen LogP contribution is -2.24. The Morgan fingerprint density at radius 3 is 2.08 bits per heavy atom.